The van der Waals surface area contributed by atoms with Crippen LogP contribution in [0.15, 0.2) is 22.5 Å². The fourth-order valence-electron chi connectivity index (χ4n) is 1.87. The van der Waals surface area contributed by atoms with Crippen LogP contribution in [-0.2, 0) is 17.1 Å². The number of hydrogen-bond acceptors (Lipinski definition) is 5. The summed E-state index contributed by atoms with van der Waals surface area (Å²) >= 11 is 0.724. The molecule has 1 atom stereocenters. The highest BCUT2D eigenvalue weighted by Crippen LogP contribution is 2.24. The van der Waals surface area contributed by atoms with Gasteiger partial charge in [0.2, 0.25) is 0 Å². The molecule has 0 amide bonds. The average molecular weight is 329 g/mol. The van der Waals surface area contributed by atoms with Crippen molar-refractivity contribution >= 4 is 27.3 Å². The molecule has 2 heterocycles. The Hall–Kier alpha value is -1.71. The van der Waals surface area contributed by atoms with Crippen molar-refractivity contribution in [3.05, 3.63) is 34.5 Å². The molecule has 0 radical (unpaired) electrons. The minimum atomic E-state index is -3.76. The number of aromatic carboxylic acids is 1. The SMILES string of the molecule is Cc1c(C(C)NS(=O)(=O)c2ccc(C(=O)O)s2)cnn1C. The number of aryl methyl sites for hydroxylation is 1. The third-order valence-corrected chi connectivity index (χ3v) is 6.23. The molecule has 0 bridgehead atoms. The lowest BCUT2D eigenvalue weighted by Crippen LogP contribution is -2.26. The van der Waals surface area contributed by atoms with Gasteiger partial charge in [0.05, 0.1) is 6.20 Å². The summed E-state index contributed by atoms with van der Waals surface area (Å²) in [5.41, 5.74) is 1.64. The molecule has 0 saturated heterocycles. The molecular formula is C12H15N3O4S2. The molecule has 7 nitrogen and oxygen atoms in total. The molecule has 0 aliphatic rings. The third-order valence-electron chi connectivity index (χ3n) is 3.13. The molecule has 21 heavy (non-hydrogen) atoms. The smallest absolute Gasteiger partial charge is 0.345 e. The maximum Gasteiger partial charge on any atom is 0.345 e. The molecule has 2 aromatic heterocycles. The Labute approximate surface area is 126 Å². The van der Waals surface area contributed by atoms with Crippen LogP contribution < -0.4 is 4.72 Å². The number of sulfonamides is 1. The summed E-state index contributed by atoms with van der Waals surface area (Å²) < 4.78 is 28.7. The summed E-state index contributed by atoms with van der Waals surface area (Å²) in [6.07, 6.45) is 1.61. The summed E-state index contributed by atoms with van der Waals surface area (Å²) in [5, 5.41) is 12.9. The fourth-order valence-corrected chi connectivity index (χ4v) is 4.26. The molecule has 0 fully saturated rings. The number of rotatable bonds is 5. The van der Waals surface area contributed by atoms with Gasteiger partial charge in [0.15, 0.2) is 0 Å². The Morgan fingerprint density at radius 3 is 2.62 bits per heavy atom. The van der Waals surface area contributed by atoms with Crippen molar-refractivity contribution in [3.8, 4) is 0 Å². The molecule has 1 unspecified atom stereocenters. The number of hydrogen-bond donors (Lipinski definition) is 2. The van der Waals surface area contributed by atoms with E-state index >= 15 is 0 Å². The van der Waals surface area contributed by atoms with Gasteiger partial charge in [-0.15, -0.1) is 11.3 Å². The molecule has 0 saturated carbocycles. The van der Waals surface area contributed by atoms with Crippen LogP contribution in [0.2, 0.25) is 0 Å². The minimum absolute atomic E-state index is 0.0133. The first-order valence-corrected chi connectivity index (χ1v) is 8.36. The third kappa shape index (κ3) is 3.14. The van der Waals surface area contributed by atoms with Gasteiger partial charge in [0.25, 0.3) is 10.0 Å². The van der Waals surface area contributed by atoms with Crippen LogP contribution in [0.25, 0.3) is 0 Å². The van der Waals surface area contributed by atoms with Gasteiger partial charge in [-0.1, -0.05) is 0 Å². The Balaban J connectivity index is 2.24. The van der Waals surface area contributed by atoms with Crippen molar-refractivity contribution in [2.24, 2.45) is 7.05 Å². The second kappa shape index (κ2) is 5.58. The van der Waals surface area contributed by atoms with E-state index in [1.54, 1.807) is 24.9 Å². The van der Waals surface area contributed by atoms with Crippen LogP contribution in [0.1, 0.15) is 33.9 Å². The standard InChI is InChI=1S/C12H15N3O4S2/c1-7(9-6-13-15(3)8(9)2)14-21(18,19)11-5-4-10(20-11)12(16)17/h4-7,14H,1-3H3,(H,16,17). The van der Waals surface area contributed by atoms with E-state index in [9.17, 15) is 13.2 Å². The molecule has 0 spiro atoms. The monoisotopic (exact) mass is 329 g/mol. The highest BCUT2D eigenvalue weighted by Gasteiger charge is 2.23. The van der Waals surface area contributed by atoms with Gasteiger partial charge in [-0.2, -0.15) is 5.10 Å². The van der Waals surface area contributed by atoms with Crippen LogP contribution in [-0.4, -0.2) is 29.3 Å². The number of nitrogens with zero attached hydrogens (tertiary/aromatic N) is 2. The normalized spacial score (nSPS) is 13.3. The molecule has 2 rings (SSSR count). The van der Waals surface area contributed by atoms with E-state index in [1.807, 2.05) is 6.92 Å². The Morgan fingerprint density at radius 2 is 2.14 bits per heavy atom. The van der Waals surface area contributed by atoms with Crippen molar-refractivity contribution in [2.45, 2.75) is 24.1 Å². The Bertz CT molecular complexity index is 776. The summed E-state index contributed by atoms with van der Waals surface area (Å²) in [4.78, 5) is 10.8. The first-order valence-electron chi connectivity index (χ1n) is 6.06. The first-order chi connectivity index (χ1) is 9.72. The second-order valence-corrected chi connectivity index (χ2v) is 7.60. The van der Waals surface area contributed by atoms with E-state index in [4.69, 9.17) is 5.11 Å². The van der Waals surface area contributed by atoms with E-state index in [2.05, 4.69) is 9.82 Å². The minimum Gasteiger partial charge on any atom is -0.477 e. The van der Waals surface area contributed by atoms with Crippen LogP contribution in [0.4, 0.5) is 0 Å². The van der Waals surface area contributed by atoms with E-state index in [1.165, 1.54) is 12.1 Å². The van der Waals surface area contributed by atoms with Gasteiger partial charge in [0.1, 0.15) is 9.09 Å². The predicted molar refractivity (Wildman–Crippen MR) is 78.0 cm³/mol. The van der Waals surface area contributed by atoms with Gasteiger partial charge >= 0.3 is 5.97 Å². The predicted octanol–water partition coefficient (Wildman–Crippen LogP) is 1.53. The van der Waals surface area contributed by atoms with E-state index in [0.29, 0.717) is 0 Å². The van der Waals surface area contributed by atoms with Crippen molar-refractivity contribution in [1.82, 2.24) is 14.5 Å². The summed E-state index contributed by atoms with van der Waals surface area (Å²) in [6.45, 7) is 3.56. The number of aromatic nitrogens is 2. The molecule has 0 aliphatic heterocycles. The van der Waals surface area contributed by atoms with Crippen molar-refractivity contribution in [3.63, 3.8) is 0 Å². The number of nitrogens with one attached hydrogen (secondary N) is 1. The van der Waals surface area contributed by atoms with Crippen LogP contribution in [0.5, 0.6) is 0 Å². The zero-order chi connectivity index (χ0) is 15.8. The molecule has 0 aromatic carbocycles. The quantitative estimate of drug-likeness (QED) is 0.866. The summed E-state index contributed by atoms with van der Waals surface area (Å²) in [7, 11) is -1.98. The average Bonchev–Trinajstić information content (AvgIpc) is 2.98. The van der Waals surface area contributed by atoms with Gasteiger partial charge in [-0.3, -0.25) is 4.68 Å². The molecule has 2 N–H and O–H groups in total. The van der Waals surface area contributed by atoms with Gasteiger partial charge in [-0.25, -0.2) is 17.9 Å². The highest BCUT2D eigenvalue weighted by atomic mass is 32.2. The van der Waals surface area contributed by atoms with Crippen molar-refractivity contribution in [2.75, 3.05) is 0 Å². The molecule has 114 valence electrons. The first kappa shape index (κ1) is 15.7. The van der Waals surface area contributed by atoms with Gasteiger partial charge in [0, 0.05) is 24.3 Å². The number of carboxylic acids is 1. The zero-order valence-corrected chi connectivity index (χ0v) is 13.3. The Kier molecular flexibility index (Phi) is 4.17. The second-order valence-electron chi connectivity index (χ2n) is 4.58. The van der Waals surface area contributed by atoms with E-state index in [-0.39, 0.29) is 9.09 Å². The lowest BCUT2D eigenvalue weighted by atomic mass is 10.1. The van der Waals surface area contributed by atoms with Crippen molar-refractivity contribution in [1.29, 1.82) is 0 Å². The van der Waals surface area contributed by atoms with Crippen LogP contribution in [0.3, 0.4) is 0 Å². The lowest BCUT2D eigenvalue weighted by Gasteiger charge is -2.13. The number of carbonyl (C=O) groups is 1. The fraction of sp³-hybridized carbons (Fsp3) is 0.333. The Morgan fingerprint density at radius 1 is 1.48 bits per heavy atom. The van der Waals surface area contributed by atoms with E-state index in [0.717, 1.165) is 22.6 Å². The number of thiophene rings is 1. The van der Waals surface area contributed by atoms with Crippen molar-refractivity contribution < 1.29 is 18.3 Å². The van der Waals surface area contributed by atoms with Gasteiger partial charge in [-0.05, 0) is 26.0 Å². The largest absolute Gasteiger partial charge is 0.477 e. The maximum absolute atomic E-state index is 12.2. The van der Waals surface area contributed by atoms with Crippen LogP contribution in [0, 0.1) is 6.92 Å². The topological polar surface area (TPSA) is 101 Å². The molecule has 9 heteroatoms. The lowest BCUT2D eigenvalue weighted by molar-refractivity contribution is 0.0702. The summed E-state index contributed by atoms with van der Waals surface area (Å²) in [5.74, 6) is -1.14. The molecular weight excluding hydrogens is 314 g/mol. The molecule has 2 aromatic rings. The maximum atomic E-state index is 12.2. The highest BCUT2D eigenvalue weighted by molar-refractivity contribution is 7.91. The van der Waals surface area contributed by atoms with Crippen LogP contribution >= 0.6 is 11.3 Å². The summed E-state index contributed by atoms with van der Waals surface area (Å²) in [6, 6.07) is 2.11. The van der Waals surface area contributed by atoms with Gasteiger partial charge < -0.3 is 5.11 Å². The van der Waals surface area contributed by atoms with E-state index < -0.39 is 22.0 Å². The molecule has 0 aliphatic carbocycles. The zero-order valence-electron chi connectivity index (χ0n) is 11.7. The number of carboxylic acid groups (broad SMARTS) is 1.